The van der Waals surface area contributed by atoms with Gasteiger partial charge < -0.3 is 14.5 Å². The summed E-state index contributed by atoms with van der Waals surface area (Å²) < 4.78 is 18.8. The van der Waals surface area contributed by atoms with E-state index in [1.807, 2.05) is 9.80 Å². The average Bonchev–Trinajstić information content (AvgIpc) is 3.00. The number of benzene rings is 1. The molecule has 1 atom stereocenters. The first-order valence-electron chi connectivity index (χ1n) is 8.98. The fraction of sp³-hybridized carbons (Fsp3) is 0.579. The van der Waals surface area contributed by atoms with Crippen LogP contribution in [0, 0.1) is 5.82 Å². The third-order valence-corrected chi connectivity index (χ3v) is 5.13. The molecule has 1 aromatic carbocycles. The Morgan fingerprint density at radius 2 is 2.12 bits per heavy atom. The molecule has 0 radical (unpaired) electrons. The van der Waals surface area contributed by atoms with Gasteiger partial charge in [-0.15, -0.1) is 0 Å². The Morgan fingerprint density at radius 3 is 2.84 bits per heavy atom. The van der Waals surface area contributed by atoms with Gasteiger partial charge in [-0.25, -0.2) is 4.39 Å². The molecule has 2 aliphatic heterocycles. The Kier molecular flexibility index (Phi) is 5.56. The summed E-state index contributed by atoms with van der Waals surface area (Å²) in [4.78, 5) is 28.5. The molecule has 0 bridgehead atoms. The zero-order valence-electron chi connectivity index (χ0n) is 14.7. The van der Waals surface area contributed by atoms with Gasteiger partial charge in [0.15, 0.2) is 0 Å². The Bertz CT molecular complexity index is 650. The van der Waals surface area contributed by atoms with Gasteiger partial charge in [-0.3, -0.25) is 9.59 Å². The lowest BCUT2D eigenvalue weighted by Gasteiger charge is -2.38. The average molecular weight is 348 g/mol. The summed E-state index contributed by atoms with van der Waals surface area (Å²) in [5.74, 6) is 0.310. The third kappa shape index (κ3) is 4.11. The number of piperidine rings is 1. The van der Waals surface area contributed by atoms with Crippen LogP contribution in [0.2, 0.25) is 0 Å². The Morgan fingerprint density at radius 1 is 1.28 bits per heavy atom. The fourth-order valence-corrected chi connectivity index (χ4v) is 3.82. The van der Waals surface area contributed by atoms with Gasteiger partial charge in [0.2, 0.25) is 11.8 Å². The van der Waals surface area contributed by atoms with Crippen molar-refractivity contribution in [1.29, 1.82) is 0 Å². The van der Waals surface area contributed by atoms with Crippen LogP contribution >= 0.6 is 0 Å². The van der Waals surface area contributed by atoms with Gasteiger partial charge in [0.1, 0.15) is 11.6 Å². The number of amides is 2. The van der Waals surface area contributed by atoms with Crippen molar-refractivity contribution in [1.82, 2.24) is 9.80 Å². The van der Waals surface area contributed by atoms with Crippen molar-refractivity contribution in [3.8, 4) is 5.75 Å². The molecule has 25 heavy (non-hydrogen) atoms. The van der Waals surface area contributed by atoms with Crippen LogP contribution < -0.4 is 4.74 Å². The maximum Gasteiger partial charge on any atom is 0.227 e. The molecule has 136 valence electrons. The highest BCUT2D eigenvalue weighted by Gasteiger charge is 2.31. The number of ether oxygens (including phenoxy) is 1. The van der Waals surface area contributed by atoms with E-state index in [-0.39, 0.29) is 30.1 Å². The van der Waals surface area contributed by atoms with Gasteiger partial charge in [0.25, 0.3) is 0 Å². The molecule has 0 spiro atoms. The van der Waals surface area contributed by atoms with Crippen molar-refractivity contribution in [3.05, 3.63) is 29.6 Å². The van der Waals surface area contributed by atoms with Gasteiger partial charge >= 0.3 is 0 Å². The molecule has 1 aromatic rings. The summed E-state index contributed by atoms with van der Waals surface area (Å²) in [5.41, 5.74) is 0.564. The van der Waals surface area contributed by atoms with E-state index in [4.69, 9.17) is 4.74 Å². The van der Waals surface area contributed by atoms with Crippen molar-refractivity contribution in [2.24, 2.45) is 0 Å². The molecule has 2 saturated heterocycles. The van der Waals surface area contributed by atoms with E-state index in [0.717, 1.165) is 32.2 Å². The molecule has 2 fully saturated rings. The summed E-state index contributed by atoms with van der Waals surface area (Å²) in [5, 5.41) is 0. The van der Waals surface area contributed by atoms with Crippen LogP contribution in [-0.4, -0.2) is 54.4 Å². The van der Waals surface area contributed by atoms with Gasteiger partial charge in [0.05, 0.1) is 13.5 Å². The first-order valence-corrected chi connectivity index (χ1v) is 8.98. The standard InChI is InChI=1S/C19H25FN2O3/c1-25-17-8-7-15(20)11-14(17)12-19(24)22-10-3-2-5-16(22)13-21-9-4-6-18(21)23/h7-8,11,16H,2-6,9-10,12-13H2,1H3/t16-/m1/s1. The molecule has 2 aliphatic rings. The second-order valence-corrected chi connectivity index (χ2v) is 6.81. The summed E-state index contributed by atoms with van der Waals surface area (Å²) in [6.45, 7) is 2.10. The van der Waals surface area contributed by atoms with Gasteiger partial charge in [-0.2, -0.15) is 0 Å². The van der Waals surface area contributed by atoms with Crippen molar-refractivity contribution < 1.29 is 18.7 Å². The molecule has 6 heteroatoms. The molecule has 5 nitrogen and oxygen atoms in total. The second-order valence-electron chi connectivity index (χ2n) is 6.81. The molecular formula is C19H25FN2O3. The van der Waals surface area contributed by atoms with E-state index in [0.29, 0.717) is 30.8 Å². The largest absolute Gasteiger partial charge is 0.496 e. The molecule has 0 aromatic heterocycles. The highest BCUT2D eigenvalue weighted by Crippen LogP contribution is 2.24. The number of carbonyl (C=O) groups is 2. The lowest BCUT2D eigenvalue weighted by atomic mass is 10.00. The zero-order valence-corrected chi connectivity index (χ0v) is 14.7. The maximum atomic E-state index is 13.5. The maximum absolute atomic E-state index is 13.5. The Labute approximate surface area is 147 Å². The molecular weight excluding hydrogens is 323 g/mol. The molecule has 0 N–H and O–H groups in total. The smallest absolute Gasteiger partial charge is 0.227 e. The Hall–Kier alpha value is -2.11. The van der Waals surface area contributed by atoms with Crippen molar-refractivity contribution >= 4 is 11.8 Å². The predicted octanol–water partition coefficient (Wildman–Crippen LogP) is 2.38. The number of hydrogen-bond donors (Lipinski definition) is 0. The SMILES string of the molecule is COc1ccc(F)cc1CC(=O)N1CCCC[C@@H]1CN1CCCC1=O. The number of methoxy groups -OCH3 is 1. The van der Waals surface area contributed by atoms with Crippen LogP contribution in [0.5, 0.6) is 5.75 Å². The first kappa shape index (κ1) is 17.7. The number of carbonyl (C=O) groups excluding carboxylic acids is 2. The molecule has 0 unspecified atom stereocenters. The van der Waals surface area contributed by atoms with Crippen LogP contribution in [-0.2, 0) is 16.0 Å². The predicted molar refractivity (Wildman–Crippen MR) is 91.8 cm³/mol. The topological polar surface area (TPSA) is 49.9 Å². The van der Waals surface area contributed by atoms with E-state index in [1.165, 1.54) is 19.2 Å². The van der Waals surface area contributed by atoms with Crippen LogP contribution in [0.3, 0.4) is 0 Å². The second kappa shape index (κ2) is 7.85. The zero-order chi connectivity index (χ0) is 17.8. The molecule has 3 rings (SSSR count). The van der Waals surface area contributed by atoms with E-state index < -0.39 is 0 Å². The van der Waals surface area contributed by atoms with Crippen molar-refractivity contribution in [3.63, 3.8) is 0 Å². The molecule has 0 saturated carbocycles. The summed E-state index contributed by atoms with van der Waals surface area (Å²) >= 11 is 0. The number of rotatable bonds is 5. The van der Waals surface area contributed by atoms with E-state index in [2.05, 4.69) is 0 Å². The number of halogens is 1. The highest BCUT2D eigenvalue weighted by atomic mass is 19.1. The normalized spacial score (nSPS) is 20.9. The summed E-state index contributed by atoms with van der Waals surface area (Å²) in [6, 6.07) is 4.30. The lowest BCUT2D eigenvalue weighted by molar-refractivity contribution is -0.137. The van der Waals surface area contributed by atoms with Crippen LogP contribution in [0.25, 0.3) is 0 Å². The third-order valence-electron chi connectivity index (χ3n) is 5.13. The minimum Gasteiger partial charge on any atom is -0.496 e. The molecule has 0 aliphatic carbocycles. The molecule has 2 amide bonds. The van der Waals surface area contributed by atoms with Crippen molar-refractivity contribution in [2.45, 2.75) is 44.6 Å². The van der Waals surface area contributed by atoms with Crippen LogP contribution in [0.15, 0.2) is 18.2 Å². The monoisotopic (exact) mass is 348 g/mol. The van der Waals surface area contributed by atoms with Crippen molar-refractivity contribution in [2.75, 3.05) is 26.7 Å². The minimum atomic E-state index is -0.374. The number of hydrogen-bond acceptors (Lipinski definition) is 3. The van der Waals surface area contributed by atoms with Crippen LogP contribution in [0.4, 0.5) is 4.39 Å². The highest BCUT2D eigenvalue weighted by molar-refractivity contribution is 5.80. The summed E-state index contributed by atoms with van der Waals surface area (Å²) in [7, 11) is 1.52. The lowest BCUT2D eigenvalue weighted by Crippen LogP contribution is -2.50. The minimum absolute atomic E-state index is 0.0276. The van der Waals surface area contributed by atoms with Gasteiger partial charge in [-0.05, 0) is 43.9 Å². The molecule has 2 heterocycles. The van der Waals surface area contributed by atoms with E-state index in [9.17, 15) is 14.0 Å². The summed E-state index contributed by atoms with van der Waals surface area (Å²) in [6.07, 6.45) is 4.58. The number of nitrogens with zero attached hydrogens (tertiary/aromatic N) is 2. The van der Waals surface area contributed by atoms with Gasteiger partial charge in [0, 0.05) is 37.7 Å². The van der Waals surface area contributed by atoms with E-state index in [1.54, 1.807) is 6.07 Å². The number of likely N-dealkylation sites (tertiary alicyclic amines) is 2. The van der Waals surface area contributed by atoms with Gasteiger partial charge in [-0.1, -0.05) is 0 Å². The quantitative estimate of drug-likeness (QED) is 0.821. The Balaban J connectivity index is 1.70. The first-order chi connectivity index (χ1) is 12.1. The fourth-order valence-electron chi connectivity index (χ4n) is 3.82. The van der Waals surface area contributed by atoms with Crippen LogP contribution in [0.1, 0.15) is 37.7 Å². The van der Waals surface area contributed by atoms with E-state index >= 15 is 0 Å².